The average molecular weight is 613 g/mol. The number of aromatic carboxylic acids is 1. The first kappa shape index (κ1) is 29.8. The van der Waals surface area contributed by atoms with Crippen LogP contribution in [-0.4, -0.2) is 51.4 Å². The van der Waals surface area contributed by atoms with Crippen molar-refractivity contribution in [2.75, 3.05) is 20.8 Å². The lowest BCUT2D eigenvalue weighted by Crippen LogP contribution is -2.10. The number of fused-ring (bicyclic) bond motifs is 1. The Hall–Kier alpha value is -4.68. The Labute approximate surface area is 248 Å². The normalized spacial score (nSPS) is 11.2. The zero-order chi connectivity index (χ0) is 30.7. The lowest BCUT2D eigenvalue weighted by molar-refractivity contribution is 0.0696. The lowest BCUT2D eigenvalue weighted by Gasteiger charge is -2.12. The van der Waals surface area contributed by atoms with Gasteiger partial charge in [-0.1, -0.05) is 17.7 Å². The summed E-state index contributed by atoms with van der Waals surface area (Å²) in [5.41, 5.74) is 0.468. The van der Waals surface area contributed by atoms with Gasteiger partial charge >= 0.3 is 5.97 Å². The fourth-order valence-corrected chi connectivity index (χ4v) is 4.69. The van der Waals surface area contributed by atoms with Crippen LogP contribution in [0.15, 0.2) is 54.7 Å². The molecule has 0 saturated carbocycles. The van der Waals surface area contributed by atoms with Gasteiger partial charge < -0.3 is 23.9 Å². The molecule has 0 aliphatic rings. The van der Waals surface area contributed by atoms with Gasteiger partial charge in [0.05, 0.1) is 30.5 Å². The first-order valence-electron chi connectivity index (χ1n) is 12.9. The summed E-state index contributed by atoms with van der Waals surface area (Å²) in [6.45, 7) is 0.415. The van der Waals surface area contributed by atoms with E-state index in [0.29, 0.717) is 11.3 Å². The van der Waals surface area contributed by atoms with Gasteiger partial charge in [0.1, 0.15) is 40.5 Å². The van der Waals surface area contributed by atoms with Gasteiger partial charge in [0.25, 0.3) is 0 Å². The van der Waals surface area contributed by atoms with E-state index in [9.17, 15) is 14.3 Å². The Kier molecular flexibility index (Phi) is 8.78. The number of ether oxygens (including phenoxy) is 3. The summed E-state index contributed by atoms with van der Waals surface area (Å²) in [6, 6.07) is 10.4. The van der Waals surface area contributed by atoms with E-state index < -0.39 is 23.4 Å². The third-order valence-electron chi connectivity index (χ3n) is 6.64. The number of pyridine rings is 2. The van der Waals surface area contributed by atoms with Gasteiger partial charge in [-0.25, -0.2) is 32.9 Å². The maximum absolute atomic E-state index is 15.4. The number of carboxylic acid groups (broad SMARTS) is 1. The van der Waals surface area contributed by atoms with Crippen LogP contribution < -0.4 is 9.47 Å². The van der Waals surface area contributed by atoms with E-state index >= 15 is 8.78 Å². The van der Waals surface area contributed by atoms with E-state index in [1.54, 1.807) is 18.2 Å². The quantitative estimate of drug-likeness (QED) is 0.179. The Morgan fingerprint density at radius 1 is 1.00 bits per heavy atom. The van der Waals surface area contributed by atoms with Crippen LogP contribution in [0.2, 0.25) is 5.15 Å². The molecule has 0 amide bonds. The highest BCUT2D eigenvalue weighted by Crippen LogP contribution is 2.29. The molecule has 0 spiro atoms. The number of benzene rings is 2. The number of nitrogens with zero attached hydrogens (tertiary/aromatic N) is 4. The van der Waals surface area contributed by atoms with Crippen LogP contribution in [0.25, 0.3) is 22.3 Å². The first-order valence-corrected chi connectivity index (χ1v) is 13.2. The summed E-state index contributed by atoms with van der Waals surface area (Å²) in [6.07, 6.45) is 1.30. The van der Waals surface area contributed by atoms with Crippen molar-refractivity contribution < 1.29 is 37.3 Å². The van der Waals surface area contributed by atoms with Crippen LogP contribution >= 0.6 is 11.6 Å². The van der Waals surface area contributed by atoms with Gasteiger partial charge in [0.2, 0.25) is 5.88 Å². The molecule has 5 aromatic rings. The molecule has 0 aliphatic carbocycles. The van der Waals surface area contributed by atoms with Crippen LogP contribution in [0.1, 0.15) is 27.3 Å². The number of aromatic nitrogens is 4. The summed E-state index contributed by atoms with van der Waals surface area (Å²) in [5.74, 6) is -2.79. The van der Waals surface area contributed by atoms with Crippen molar-refractivity contribution in [3.63, 3.8) is 0 Å². The molecule has 0 fully saturated rings. The SMILES string of the molecule is COCCn1c(Cc2cc(F)c(-c3cccc(OCc4cnc(Cl)cc4OC)n3)cc2F)nc2c(F)cc(C(=O)O)cc21. The molecular weight excluding hydrogens is 589 g/mol. The fraction of sp³-hybridized carbons (Fsp3) is 0.200. The number of imidazole rings is 1. The molecular formula is C30H24ClF3N4O5. The summed E-state index contributed by atoms with van der Waals surface area (Å²) in [4.78, 5) is 24.1. The van der Waals surface area contributed by atoms with Crippen LogP contribution in [0.4, 0.5) is 13.2 Å². The van der Waals surface area contributed by atoms with Gasteiger partial charge in [-0.05, 0) is 35.9 Å². The number of hydrogen-bond acceptors (Lipinski definition) is 7. The van der Waals surface area contributed by atoms with Crippen LogP contribution in [0.5, 0.6) is 11.6 Å². The van der Waals surface area contributed by atoms with Crippen molar-refractivity contribution in [2.24, 2.45) is 0 Å². The largest absolute Gasteiger partial charge is 0.496 e. The number of rotatable bonds is 11. The molecule has 0 unspecified atom stereocenters. The fourth-order valence-electron chi connectivity index (χ4n) is 4.55. The van der Waals surface area contributed by atoms with Crippen molar-refractivity contribution in [3.8, 4) is 22.9 Å². The molecule has 2 aromatic carbocycles. The van der Waals surface area contributed by atoms with Crippen molar-refractivity contribution >= 4 is 28.6 Å². The zero-order valence-corrected chi connectivity index (χ0v) is 23.7. The molecule has 0 saturated heterocycles. The Bertz CT molecular complexity index is 1830. The molecule has 0 atom stereocenters. The van der Waals surface area contributed by atoms with E-state index in [-0.39, 0.29) is 76.5 Å². The molecule has 3 aromatic heterocycles. The van der Waals surface area contributed by atoms with Gasteiger partial charge in [0, 0.05) is 49.5 Å². The number of halogens is 4. The maximum atomic E-state index is 15.4. The maximum Gasteiger partial charge on any atom is 0.335 e. The second-order valence-corrected chi connectivity index (χ2v) is 9.76. The molecule has 5 rings (SSSR count). The van der Waals surface area contributed by atoms with Gasteiger partial charge in [0.15, 0.2) is 5.82 Å². The molecule has 0 aliphatic heterocycles. The van der Waals surface area contributed by atoms with Crippen LogP contribution in [-0.2, 0) is 24.3 Å². The highest BCUT2D eigenvalue weighted by atomic mass is 35.5. The standard InChI is InChI=1S/C30H24ClF3N4O5/c1-41-7-6-38-24-10-17(30(39)40)9-22(34)29(24)37-27(38)11-16-8-21(33)19(12-20(16)32)23-4-3-5-28(36-23)43-15-18-14-35-26(31)13-25(18)42-2/h3-5,8-10,12-14H,6-7,11,15H2,1-2H3,(H,39,40). The van der Waals surface area contributed by atoms with E-state index in [0.717, 1.165) is 18.2 Å². The second-order valence-electron chi connectivity index (χ2n) is 9.37. The van der Waals surface area contributed by atoms with E-state index in [4.69, 9.17) is 25.8 Å². The predicted octanol–water partition coefficient (Wildman–Crippen LogP) is 6.09. The van der Waals surface area contributed by atoms with E-state index in [1.165, 1.54) is 37.1 Å². The Morgan fingerprint density at radius 2 is 1.81 bits per heavy atom. The Balaban J connectivity index is 1.43. The number of carbonyl (C=O) groups is 1. The first-order chi connectivity index (χ1) is 20.7. The molecule has 0 radical (unpaired) electrons. The zero-order valence-electron chi connectivity index (χ0n) is 22.9. The molecule has 222 valence electrons. The summed E-state index contributed by atoms with van der Waals surface area (Å²) < 4.78 is 63.2. The monoisotopic (exact) mass is 612 g/mol. The highest BCUT2D eigenvalue weighted by Gasteiger charge is 2.20. The third kappa shape index (κ3) is 6.40. The molecule has 43 heavy (non-hydrogen) atoms. The van der Waals surface area contributed by atoms with Crippen LogP contribution in [0, 0.1) is 17.5 Å². The Morgan fingerprint density at radius 3 is 2.56 bits per heavy atom. The van der Waals surface area contributed by atoms with Crippen LogP contribution in [0.3, 0.4) is 0 Å². The predicted molar refractivity (Wildman–Crippen MR) is 151 cm³/mol. The highest BCUT2D eigenvalue weighted by molar-refractivity contribution is 6.29. The smallest absolute Gasteiger partial charge is 0.335 e. The minimum Gasteiger partial charge on any atom is -0.496 e. The van der Waals surface area contributed by atoms with Gasteiger partial charge in [-0.3, -0.25) is 0 Å². The number of hydrogen-bond donors (Lipinski definition) is 1. The molecule has 13 heteroatoms. The number of methoxy groups -OCH3 is 2. The summed E-state index contributed by atoms with van der Waals surface area (Å²) in [7, 11) is 2.95. The second kappa shape index (κ2) is 12.7. The number of carboxylic acids is 1. The van der Waals surface area contributed by atoms with Crippen molar-refractivity contribution in [1.29, 1.82) is 0 Å². The van der Waals surface area contributed by atoms with Gasteiger partial charge in [-0.15, -0.1) is 0 Å². The molecule has 0 bridgehead atoms. The molecule has 1 N–H and O–H groups in total. The minimum absolute atomic E-state index is 0.0381. The lowest BCUT2D eigenvalue weighted by atomic mass is 10.0. The summed E-state index contributed by atoms with van der Waals surface area (Å²) in [5, 5.41) is 9.61. The molecule has 9 nitrogen and oxygen atoms in total. The van der Waals surface area contributed by atoms with Crippen molar-refractivity contribution in [3.05, 3.63) is 99.8 Å². The van der Waals surface area contributed by atoms with Gasteiger partial charge in [-0.2, -0.15) is 0 Å². The third-order valence-corrected chi connectivity index (χ3v) is 6.85. The summed E-state index contributed by atoms with van der Waals surface area (Å²) >= 11 is 5.90. The molecule has 3 heterocycles. The average Bonchev–Trinajstić information content (AvgIpc) is 3.34. The van der Waals surface area contributed by atoms with E-state index in [2.05, 4.69) is 15.0 Å². The van der Waals surface area contributed by atoms with Crippen molar-refractivity contribution in [2.45, 2.75) is 19.6 Å². The van der Waals surface area contributed by atoms with Crippen molar-refractivity contribution in [1.82, 2.24) is 19.5 Å². The van der Waals surface area contributed by atoms with E-state index in [1.807, 2.05) is 0 Å². The topological polar surface area (TPSA) is 109 Å². The minimum atomic E-state index is -1.31.